The van der Waals surface area contributed by atoms with Crippen molar-refractivity contribution in [2.24, 2.45) is 0 Å². The van der Waals surface area contributed by atoms with Gasteiger partial charge < -0.3 is 20.3 Å². The van der Waals surface area contributed by atoms with Crippen molar-refractivity contribution in [1.29, 1.82) is 0 Å². The molecule has 7 heteroatoms. The largest absolute Gasteiger partial charge is 0.489 e. The van der Waals surface area contributed by atoms with Gasteiger partial charge in [0.05, 0.1) is 6.54 Å². The smallest absolute Gasteiger partial charge is 0.315 e. The minimum Gasteiger partial charge on any atom is -0.489 e. The van der Waals surface area contributed by atoms with Crippen molar-refractivity contribution in [3.05, 3.63) is 65.5 Å². The Morgan fingerprint density at radius 1 is 1.07 bits per heavy atom. The summed E-state index contributed by atoms with van der Waals surface area (Å²) in [6.07, 6.45) is 1.51. The van der Waals surface area contributed by atoms with E-state index in [2.05, 4.69) is 10.6 Å². The Hall–Kier alpha value is -3.09. The molecular weight excluding hydrogens is 361 g/mol. The third kappa shape index (κ3) is 5.45. The first-order chi connectivity index (χ1) is 13.6. The number of para-hydroxylation sites is 1. The van der Waals surface area contributed by atoms with Crippen molar-refractivity contribution in [3.8, 4) is 5.75 Å². The van der Waals surface area contributed by atoms with Crippen LogP contribution in [-0.2, 0) is 17.9 Å². The van der Waals surface area contributed by atoms with E-state index in [1.807, 2.05) is 29.2 Å². The molecule has 2 N–H and O–H groups in total. The second-order valence-corrected chi connectivity index (χ2v) is 6.58. The Balaban J connectivity index is 1.42. The van der Waals surface area contributed by atoms with E-state index in [1.165, 1.54) is 12.1 Å². The topological polar surface area (TPSA) is 70.7 Å². The van der Waals surface area contributed by atoms with Crippen LogP contribution in [-0.4, -0.2) is 36.5 Å². The minimum absolute atomic E-state index is 0.162. The van der Waals surface area contributed by atoms with Gasteiger partial charge in [-0.15, -0.1) is 0 Å². The van der Waals surface area contributed by atoms with E-state index in [0.717, 1.165) is 24.1 Å². The number of carbonyl (C=O) groups excluding carboxylic acids is 2. The van der Waals surface area contributed by atoms with Crippen LogP contribution in [0.25, 0.3) is 0 Å². The number of ether oxygens (including phenoxy) is 1. The maximum Gasteiger partial charge on any atom is 0.315 e. The second kappa shape index (κ2) is 9.73. The second-order valence-electron chi connectivity index (χ2n) is 6.58. The summed E-state index contributed by atoms with van der Waals surface area (Å²) in [7, 11) is 0. The summed E-state index contributed by atoms with van der Waals surface area (Å²) in [5.41, 5.74) is 2.00. The van der Waals surface area contributed by atoms with E-state index in [9.17, 15) is 14.0 Å². The molecule has 3 rings (SSSR count). The average molecular weight is 385 g/mol. The van der Waals surface area contributed by atoms with E-state index >= 15 is 0 Å². The van der Waals surface area contributed by atoms with Gasteiger partial charge in [-0.1, -0.05) is 36.4 Å². The zero-order valence-corrected chi connectivity index (χ0v) is 15.6. The summed E-state index contributed by atoms with van der Waals surface area (Å²) >= 11 is 0. The molecule has 6 nitrogen and oxygen atoms in total. The zero-order chi connectivity index (χ0) is 19.8. The quantitative estimate of drug-likeness (QED) is 0.687. The molecule has 0 saturated carbocycles. The van der Waals surface area contributed by atoms with Gasteiger partial charge in [-0.05, 0) is 29.7 Å². The molecule has 1 saturated heterocycles. The highest BCUT2D eigenvalue weighted by molar-refractivity contribution is 5.78. The summed E-state index contributed by atoms with van der Waals surface area (Å²) < 4.78 is 18.7. The number of amides is 3. The van der Waals surface area contributed by atoms with Gasteiger partial charge in [0.25, 0.3) is 0 Å². The summed E-state index contributed by atoms with van der Waals surface area (Å²) in [6, 6.07) is 13.6. The molecule has 1 fully saturated rings. The number of nitrogens with zero attached hydrogens (tertiary/aromatic N) is 1. The van der Waals surface area contributed by atoms with Gasteiger partial charge in [0, 0.05) is 26.1 Å². The van der Waals surface area contributed by atoms with E-state index in [1.54, 1.807) is 12.1 Å². The van der Waals surface area contributed by atoms with Gasteiger partial charge in [0.2, 0.25) is 5.91 Å². The van der Waals surface area contributed by atoms with E-state index < -0.39 is 5.82 Å². The van der Waals surface area contributed by atoms with Gasteiger partial charge in [-0.25, -0.2) is 9.18 Å². The number of hydrogen-bond donors (Lipinski definition) is 2. The first-order valence-electron chi connectivity index (χ1n) is 9.37. The highest BCUT2D eigenvalue weighted by Gasteiger charge is 2.20. The lowest BCUT2D eigenvalue weighted by molar-refractivity contribution is -0.128. The minimum atomic E-state index is -0.431. The molecular formula is C21H24FN3O3. The Labute approximate surface area is 163 Å². The predicted octanol–water partition coefficient (Wildman–Crippen LogP) is 2.83. The van der Waals surface area contributed by atoms with Gasteiger partial charge in [-0.3, -0.25) is 4.79 Å². The Bertz CT molecular complexity index is 828. The monoisotopic (exact) mass is 385 g/mol. The van der Waals surface area contributed by atoms with Crippen LogP contribution in [0.1, 0.15) is 24.0 Å². The van der Waals surface area contributed by atoms with Crippen LogP contribution >= 0.6 is 0 Å². The lowest BCUT2D eigenvalue weighted by atomic mass is 10.1. The number of urea groups is 1. The SMILES string of the molecule is O=C(NCCOc1ccccc1F)NCc1ccccc1CN1CCCC1=O. The van der Waals surface area contributed by atoms with Gasteiger partial charge in [0.15, 0.2) is 11.6 Å². The molecule has 0 aliphatic carbocycles. The number of hydrogen-bond acceptors (Lipinski definition) is 3. The van der Waals surface area contributed by atoms with Crippen molar-refractivity contribution >= 4 is 11.9 Å². The molecule has 148 valence electrons. The molecule has 3 amide bonds. The number of nitrogens with one attached hydrogen (secondary N) is 2. The van der Waals surface area contributed by atoms with Crippen LogP contribution in [0.15, 0.2) is 48.5 Å². The molecule has 0 spiro atoms. The molecule has 1 aliphatic rings. The number of rotatable bonds is 8. The van der Waals surface area contributed by atoms with Gasteiger partial charge in [0.1, 0.15) is 6.61 Å². The summed E-state index contributed by atoms with van der Waals surface area (Å²) in [5, 5.41) is 5.48. The highest BCUT2D eigenvalue weighted by Crippen LogP contribution is 2.17. The first-order valence-corrected chi connectivity index (χ1v) is 9.37. The molecule has 0 radical (unpaired) electrons. The normalized spacial score (nSPS) is 13.5. The van der Waals surface area contributed by atoms with Crippen LogP contribution in [0.4, 0.5) is 9.18 Å². The maximum atomic E-state index is 13.4. The summed E-state index contributed by atoms with van der Waals surface area (Å²) in [4.78, 5) is 25.7. The molecule has 1 heterocycles. The Morgan fingerprint density at radius 2 is 1.82 bits per heavy atom. The number of benzene rings is 2. The standard InChI is InChI=1S/C21H24FN3O3/c22-18-8-3-4-9-19(18)28-13-11-23-21(27)24-14-16-6-1-2-7-17(16)15-25-12-5-10-20(25)26/h1-4,6-9H,5,10-15H2,(H2,23,24,27). The van der Waals surface area contributed by atoms with Crippen molar-refractivity contribution < 1.29 is 18.7 Å². The summed E-state index contributed by atoms with van der Waals surface area (Å²) in [5.74, 6) is -0.0921. The molecule has 0 aromatic heterocycles. The molecule has 28 heavy (non-hydrogen) atoms. The van der Waals surface area contributed by atoms with E-state index in [-0.39, 0.29) is 30.8 Å². The van der Waals surface area contributed by atoms with Crippen LogP contribution in [0, 0.1) is 5.82 Å². The zero-order valence-electron chi connectivity index (χ0n) is 15.6. The van der Waals surface area contributed by atoms with Crippen LogP contribution < -0.4 is 15.4 Å². The number of carbonyl (C=O) groups is 2. The van der Waals surface area contributed by atoms with Crippen LogP contribution in [0.2, 0.25) is 0 Å². The third-order valence-electron chi connectivity index (χ3n) is 4.57. The van der Waals surface area contributed by atoms with Crippen LogP contribution in [0.5, 0.6) is 5.75 Å². The Morgan fingerprint density at radius 3 is 2.57 bits per heavy atom. The van der Waals surface area contributed by atoms with Crippen LogP contribution in [0.3, 0.4) is 0 Å². The number of halogens is 1. The molecule has 0 bridgehead atoms. The number of likely N-dealkylation sites (tertiary alicyclic amines) is 1. The fourth-order valence-corrected chi connectivity index (χ4v) is 3.09. The molecule has 0 unspecified atom stereocenters. The third-order valence-corrected chi connectivity index (χ3v) is 4.57. The maximum absolute atomic E-state index is 13.4. The molecule has 1 aliphatic heterocycles. The Kier molecular flexibility index (Phi) is 6.84. The lowest BCUT2D eigenvalue weighted by Crippen LogP contribution is -2.37. The first kappa shape index (κ1) is 19.7. The molecule has 2 aromatic rings. The molecule has 0 atom stereocenters. The van der Waals surface area contributed by atoms with Crippen molar-refractivity contribution in [2.75, 3.05) is 19.7 Å². The van der Waals surface area contributed by atoms with Crippen molar-refractivity contribution in [1.82, 2.24) is 15.5 Å². The van der Waals surface area contributed by atoms with Crippen molar-refractivity contribution in [2.45, 2.75) is 25.9 Å². The van der Waals surface area contributed by atoms with Crippen molar-refractivity contribution in [3.63, 3.8) is 0 Å². The fourth-order valence-electron chi connectivity index (χ4n) is 3.09. The average Bonchev–Trinajstić information content (AvgIpc) is 3.10. The van der Waals surface area contributed by atoms with E-state index in [4.69, 9.17) is 4.74 Å². The highest BCUT2D eigenvalue weighted by atomic mass is 19.1. The van der Waals surface area contributed by atoms with E-state index in [0.29, 0.717) is 19.5 Å². The summed E-state index contributed by atoms with van der Waals surface area (Å²) in [6.45, 7) is 2.13. The van der Waals surface area contributed by atoms with Gasteiger partial charge in [-0.2, -0.15) is 0 Å². The predicted molar refractivity (Wildman–Crippen MR) is 103 cm³/mol. The fraction of sp³-hybridized carbons (Fsp3) is 0.333. The van der Waals surface area contributed by atoms with Gasteiger partial charge >= 0.3 is 6.03 Å². The lowest BCUT2D eigenvalue weighted by Gasteiger charge is -2.18. The molecule has 2 aromatic carbocycles.